The van der Waals surface area contributed by atoms with Gasteiger partial charge >= 0.3 is 6.18 Å². The van der Waals surface area contributed by atoms with Gasteiger partial charge in [-0.05, 0) is 30.7 Å². The quantitative estimate of drug-likeness (QED) is 0.853. The summed E-state index contributed by atoms with van der Waals surface area (Å²) in [6, 6.07) is 2.22. The van der Waals surface area contributed by atoms with Crippen molar-refractivity contribution < 1.29 is 13.2 Å². The van der Waals surface area contributed by atoms with Crippen molar-refractivity contribution in [2.24, 2.45) is 0 Å². The van der Waals surface area contributed by atoms with E-state index in [4.69, 9.17) is 23.2 Å². The maximum atomic E-state index is 12.8. The summed E-state index contributed by atoms with van der Waals surface area (Å²) in [7, 11) is 0. The molecule has 0 amide bonds. The third-order valence-corrected chi connectivity index (χ3v) is 2.94. The van der Waals surface area contributed by atoms with Crippen LogP contribution in [-0.4, -0.2) is 12.7 Å². The Morgan fingerprint density at radius 3 is 2.35 bits per heavy atom. The summed E-state index contributed by atoms with van der Waals surface area (Å²) in [5, 5.41) is 2.81. The minimum Gasteiger partial charge on any atom is -0.302 e. The van der Waals surface area contributed by atoms with Crippen molar-refractivity contribution in [3.05, 3.63) is 33.8 Å². The highest BCUT2D eigenvalue weighted by Gasteiger charge is 2.40. The smallest absolute Gasteiger partial charge is 0.302 e. The van der Waals surface area contributed by atoms with Crippen molar-refractivity contribution in [3.63, 3.8) is 0 Å². The van der Waals surface area contributed by atoms with Crippen LogP contribution in [-0.2, 0) is 0 Å². The molecular weight excluding hydrogens is 274 g/mol. The standard InChI is InChI=1S/C11H12Cl2F3N/c1-2-5-17-10(11(14,15)16)7-3-4-8(12)9(13)6-7/h3-4,6,10,17H,2,5H2,1H3. The highest BCUT2D eigenvalue weighted by molar-refractivity contribution is 6.42. The second-order valence-electron chi connectivity index (χ2n) is 3.60. The molecule has 0 saturated carbocycles. The van der Waals surface area contributed by atoms with Crippen LogP contribution in [0.4, 0.5) is 13.2 Å². The van der Waals surface area contributed by atoms with E-state index in [1.807, 2.05) is 0 Å². The van der Waals surface area contributed by atoms with Gasteiger partial charge in [0.05, 0.1) is 10.0 Å². The molecule has 1 N–H and O–H groups in total. The van der Waals surface area contributed by atoms with Gasteiger partial charge in [0, 0.05) is 0 Å². The Morgan fingerprint density at radius 1 is 1.24 bits per heavy atom. The first-order valence-electron chi connectivity index (χ1n) is 5.11. The molecule has 0 spiro atoms. The van der Waals surface area contributed by atoms with Crippen LogP contribution in [0.1, 0.15) is 24.9 Å². The number of nitrogens with one attached hydrogen (secondary N) is 1. The van der Waals surface area contributed by atoms with Gasteiger partial charge in [-0.2, -0.15) is 13.2 Å². The van der Waals surface area contributed by atoms with Crippen LogP contribution in [0.15, 0.2) is 18.2 Å². The van der Waals surface area contributed by atoms with E-state index in [1.165, 1.54) is 18.2 Å². The van der Waals surface area contributed by atoms with Crippen molar-refractivity contribution in [2.45, 2.75) is 25.6 Å². The van der Waals surface area contributed by atoms with Gasteiger partial charge < -0.3 is 5.32 Å². The maximum Gasteiger partial charge on any atom is 0.407 e. The van der Waals surface area contributed by atoms with Crippen LogP contribution in [0.2, 0.25) is 10.0 Å². The molecule has 0 aliphatic rings. The first-order valence-corrected chi connectivity index (χ1v) is 5.87. The fraction of sp³-hybridized carbons (Fsp3) is 0.455. The molecule has 0 aliphatic carbocycles. The molecule has 6 heteroatoms. The highest BCUT2D eigenvalue weighted by Crippen LogP contribution is 2.35. The maximum absolute atomic E-state index is 12.8. The molecule has 0 saturated heterocycles. The topological polar surface area (TPSA) is 12.0 Å². The number of alkyl halides is 3. The molecule has 0 bridgehead atoms. The lowest BCUT2D eigenvalue weighted by molar-refractivity contribution is -0.157. The molecule has 0 heterocycles. The van der Waals surface area contributed by atoms with Crippen molar-refractivity contribution in [3.8, 4) is 0 Å². The van der Waals surface area contributed by atoms with Crippen LogP contribution in [0.25, 0.3) is 0 Å². The SMILES string of the molecule is CCCNC(c1ccc(Cl)c(Cl)c1)C(F)(F)F. The molecule has 0 aromatic heterocycles. The molecule has 0 aliphatic heterocycles. The zero-order chi connectivity index (χ0) is 13.1. The van der Waals surface area contributed by atoms with Crippen molar-refractivity contribution in [1.82, 2.24) is 5.32 Å². The number of rotatable bonds is 4. The Balaban J connectivity index is 3.00. The highest BCUT2D eigenvalue weighted by atomic mass is 35.5. The minimum atomic E-state index is -4.35. The fourth-order valence-electron chi connectivity index (χ4n) is 1.40. The first-order chi connectivity index (χ1) is 7.86. The minimum absolute atomic E-state index is 0.0698. The third kappa shape index (κ3) is 4.05. The molecule has 1 atom stereocenters. The van der Waals surface area contributed by atoms with Gasteiger partial charge in [-0.3, -0.25) is 0 Å². The largest absolute Gasteiger partial charge is 0.407 e. The lowest BCUT2D eigenvalue weighted by atomic mass is 10.1. The van der Waals surface area contributed by atoms with E-state index in [2.05, 4.69) is 5.32 Å². The van der Waals surface area contributed by atoms with E-state index in [0.29, 0.717) is 6.42 Å². The Hall–Kier alpha value is -0.450. The van der Waals surface area contributed by atoms with Crippen molar-refractivity contribution in [2.75, 3.05) is 6.54 Å². The summed E-state index contributed by atoms with van der Waals surface area (Å²) in [6.07, 6.45) is -3.74. The van der Waals surface area contributed by atoms with Gasteiger partial charge in [-0.1, -0.05) is 36.2 Å². The van der Waals surface area contributed by atoms with Gasteiger partial charge in [0.25, 0.3) is 0 Å². The van der Waals surface area contributed by atoms with Gasteiger partial charge in [0.15, 0.2) is 0 Å². The molecule has 0 fully saturated rings. The van der Waals surface area contributed by atoms with E-state index in [9.17, 15) is 13.2 Å². The molecule has 1 rings (SSSR count). The average Bonchev–Trinajstić information content (AvgIpc) is 2.22. The second kappa shape index (κ2) is 5.94. The normalized spacial score (nSPS) is 13.8. The van der Waals surface area contributed by atoms with E-state index in [1.54, 1.807) is 6.92 Å². The molecular formula is C11H12Cl2F3N. The second-order valence-corrected chi connectivity index (χ2v) is 4.42. The van der Waals surface area contributed by atoms with Crippen LogP contribution in [0.5, 0.6) is 0 Å². The first kappa shape index (κ1) is 14.6. The summed E-state index contributed by atoms with van der Waals surface area (Å²) < 4.78 is 38.5. The van der Waals surface area contributed by atoms with E-state index in [0.717, 1.165) is 0 Å². The van der Waals surface area contributed by atoms with E-state index in [-0.39, 0.29) is 22.2 Å². The summed E-state index contributed by atoms with van der Waals surface area (Å²) in [6.45, 7) is 2.08. The number of halogens is 5. The fourth-order valence-corrected chi connectivity index (χ4v) is 1.71. The predicted octanol–water partition coefficient (Wildman–Crippen LogP) is 4.60. The van der Waals surface area contributed by atoms with Crippen LogP contribution in [0, 0.1) is 0 Å². The Bertz CT molecular complexity index is 379. The van der Waals surface area contributed by atoms with Crippen LogP contribution < -0.4 is 5.32 Å². The predicted molar refractivity (Wildman–Crippen MR) is 63.6 cm³/mol. The molecule has 1 nitrogen and oxygen atoms in total. The summed E-state index contributed by atoms with van der Waals surface area (Å²) in [4.78, 5) is 0. The zero-order valence-corrected chi connectivity index (χ0v) is 10.6. The van der Waals surface area contributed by atoms with Gasteiger partial charge in [-0.25, -0.2) is 0 Å². The number of hydrogen-bond acceptors (Lipinski definition) is 1. The Morgan fingerprint density at radius 2 is 1.88 bits per heavy atom. The average molecular weight is 286 g/mol. The summed E-state index contributed by atoms with van der Waals surface area (Å²) in [5.74, 6) is 0. The van der Waals surface area contributed by atoms with Gasteiger partial charge in [0.1, 0.15) is 6.04 Å². The van der Waals surface area contributed by atoms with Crippen LogP contribution in [0.3, 0.4) is 0 Å². The van der Waals surface area contributed by atoms with Gasteiger partial charge in [0.2, 0.25) is 0 Å². The molecule has 17 heavy (non-hydrogen) atoms. The molecule has 1 aromatic carbocycles. The number of hydrogen-bond donors (Lipinski definition) is 1. The van der Waals surface area contributed by atoms with Crippen LogP contribution >= 0.6 is 23.2 Å². The summed E-state index contributed by atoms with van der Waals surface area (Å²) >= 11 is 11.4. The Labute approximate surface area is 108 Å². The van der Waals surface area contributed by atoms with Crippen molar-refractivity contribution >= 4 is 23.2 Å². The zero-order valence-electron chi connectivity index (χ0n) is 9.11. The third-order valence-electron chi connectivity index (χ3n) is 2.20. The lowest BCUT2D eigenvalue weighted by Gasteiger charge is -2.22. The Kier molecular flexibility index (Phi) is 5.10. The molecule has 1 aromatic rings. The van der Waals surface area contributed by atoms with E-state index < -0.39 is 12.2 Å². The molecule has 96 valence electrons. The molecule has 1 unspecified atom stereocenters. The van der Waals surface area contributed by atoms with Crippen molar-refractivity contribution in [1.29, 1.82) is 0 Å². The number of benzene rings is 1. The summed E-state index contributed by atoms with van der Waals surface area (Å²) in [5.41, 5.74) is 0.0698. The van der Waals surface area contributed by atoms with Gasteiger partial charge in [-0.15, -0.1) is 0 Å². The van der Waals surface area contributed by atoms with E-state index >= 15 is 0 Å². The lowest BCUT2D eigenvalue weighted by Crippen LogP contribution is -2.34. The monoisotopic (exact) mass is 285 g/mol. The molecule has 0 radical (unpaired) electrons.